The molecule has 0 radical (unpaired) electrons. The van der Waals surface area contributed by atoms with Crippen LogP contribution in [0.4, 0.5) is 0 Å². The van der Waals surface area contributed by atoms with Crippen molar-refractivity contribution in [1.82, 2.24) is 9.80 Å². The summed E-state index contributed by atoms with van der Waals surface area (Å²) in [7, 11) is 0. The quantitative estimate of drug-likeness (QED) is 0.170. The molecule has 2 unspecified atom stereocenters. The Balaban J connectivity index is 0.000000416. The zero-order valence-corrected chi connectivity index (χ0v) is 37.8. The van der Waals surface area contributed by atoms with Crippen LogP contribution >= 0.6 is 0 Å². The summed E-state index contributed by atoms with van der Waals surface area (Å²) in [4.78, 5) is 16.7. The van der Waals surface area contributed by atoms with E-state index in [4.69, 9.17) is 0 Å². The molecule has 2 fully saturated rings. The van der Waals surface area contributed by atoms with Crippen molar-refractivity contribution in [2.24, 2.45) is 0 Å². The van der Waals surface area contributed by atoms with Crippen LogP contribution in [-0.4, -0.2) is 47.1 Å². The first-order valence-corrected chi connectivity index (χ1v) is 21.8. The lowest BCUT2D eigenvalue weighted by Crippen LogP contribution is -2.38. The van der Waals surface area contributed by atoms with E-state index in [0.29, 0.717) is 18.4 Å². The van der Waals surface area contributed by atoms with Gasteiger partial charge in [0.15, 0.2) is 0 Å². The van der Waals surface area contributed by atoms with Crippen molar-refractivity contribution in [3.8, 4) is 0 Å². The van der Waals surface area contributed by atoms with E-state index in [1.807, 2.05) is 115 Å². The van der Waals surface area contributed by atoms with E-state index >= 15 is 0 Å². The van der Waals surface area contributed by atoms with Gasteiger partial charge < -0.3 is 5.11 Å². The minimum atomic E-state index is -0.768. The average Bonchev–Trinajstić information content (AvgIpc) is 3.90. The van der Waals surface area contributed by atoms with Crippen LogP contribution in [0.25, 0.3) is 5.57 Å². The highest BCUT2D eigenvalue weighted by molar-refractivity contribution is 5.82. The topological polar surface area (TPSA) is 43.8 Å². The second-order valence-electron chi connectivity index (χ2n) is 14.4. The van der Waals surface area contributed by atoms with Gasteiger partial charge in [0.1, 0.15) is 5.41 Å². The first kappa shape index (κ1) is 51.2. The fourth-order valence-electron chi connectivity index (χ4n) is 6.99. The fraction of sp³-hybridized carbons (Fsp3) is 0.389. The lowest BCUT2D eigenvalue weighted by Gasteiger charge is -2.25. The number of carboxylic acid groups (broad SMARTS) is 1. The van der Waals surface area contributed by atoms with Crippen LogP contribution in [0.5, 0.6) is 0 Å². The second kappa shape index (κ2) is 29.4. The summed E-state index contributed by atoms with van der Waals surface area (Å²) in [6.07, 6.45) is 3.17. The Labute approximate surface area is 354 Å². The maximum absolute atomic E-state index is 11.9. The summed E-state index contributed by atoms with van der Waals surface area (Å²) in [6, 6.07) is 51.7. The number of allylic oxidation sites excluding steroid dienone is 1. The predicted octanol–water partition coefficient (Wildman–Crippen LogP) is 14.0. The molecule has 1 N–H and O–H groups in total. The molecular formula is C54H76N2O2. The van der Waals surface area contributed by atoms with Gasteiger partial charge in [-0.25, -0.2) is 0 Å². The standard InChI is InChI=1S/C18H19NO2.C18H21N.C9H10.C3H8.3C2H6/c20-17(21)18(16-9-5-2-6-10-16)11-12-19(14-18)13-15-7-3-1-4-8-15;1-18(17-10-6-3-7-11-17)12-13-19(15-18)14-16-8-4-2-5-9-16;1-8(2)9-6-4-3-5-7-9;1-3-2;3*1-2/h1-10H,11-14H2,(H,20,21);2-11H,12-15H2,1H3;3-7H,1H2,2H3;3H2,1-2H3;3*1-2H3. The molecule has 2 saturated heterocycles. The second-order valence-corrected chi connectivity index (χ2v) is 14.4. The van der Waals surface area contributed by atoms with Gasteiger partial charge in [-0.3, -0.25) is 14.6 Å². The Bertz CT molecular complexity index is 1750. The third kappa shape index (κ3) is 17.0. The zero-order chi connectivity index (χ0) is 43.2. The molecule has 2 heterocycles. The van der Waals surface area contributed by atoms with Crippen molar-refractivity contribution in [3.63, 3.8) is 0 Å². The molecule has 7 rings (SSSR count). The van der Waals surface area contributed by atoms with E-state index in [1.165, 1.54) is 41.6 Å². The van der Waals surface area contributed by atoms with Crippen molar-refractivity contribution < 1.29 is 9.90 Å². The number of hydrogen-bond acceptors (Lipinski definition) is 3. The molecule has 0 aromatic heterocycles. The molecule has 0 spiro atoms. The van der Waals surface area contributed by atoms with Gasteiger partial charge in [0.25, 0.3) is 0 Å². The smallest absolute Gasteiger partial charge is 0.315 e. The normalized spacial score (nSPS) is 17.8. The molecular weight excluding hydrogens is 709 g/mol. The van der Waals surface area contributed by atoms with Gasteiger partial charge in [-0.15, -0.1) is 0 Å². The number of rotatable bonds is 8. The fourth-order valence-corrected chi connectivity index (χ4v) is 6.99. The van der Waals surface area contributed by atoms with E-state index in [-0.39, 0.29) is 0 Å². The number of aliphatic carboxylic acids is 1. The van der Waals surface area contributed by atoms with E-state index in [9.17, 15) is 9.90 Å². The molecule has 314 valence electrons. The molecule has 5 aromatic carbocycles. The highest BCUT2D eigenvalue weighted by Gasteiger charge is 2.46. The number of hydrogen-bond donors (Lipinski definition) is 1. The van der Waals surface area contributed by atoms with Crippen LogP contribution in [0.2, 0.25) is 0 Å². The van der Waals surface area contributed by atoms with Gasteiger partial charge in [-0.2, -0.15) is 0 Å². The summed E-state index contributed by atoms with van der Waals surface area (Å²) in [5, 5.41) is 9.77. The Morgan fingerprint density at radius 2 is 0.914 bits per heavy atom. The number of benzene rings is 5. The monoisotopic (exact) mass is 785 g/mol. The van der Waals surface area contributed by atoms with Gasteiger partial charge in [-0.1, -0.05) is 233 Å². The van der Waals surface area contributed by atoms with Crippen molar-refractivity contribution >= 4 is 11.5 Å². The molecule has 58 heavy (non-hydrogen) atoms. The molecule has 2 atom stereocenters. The molecule has 0 aliphatic carbocycles. The van der Waals surface area contributed by atoms with Crippen LogP contribution < -0.4 is 0 Å². The van der Waals surface area contributed by atoms with Crippen LogP contribution in [-0.2, 0) is 28.7 Å². The van der Waals surface area contributed by atoms with Gasteiger partial charge in [0.2, 0.25) is 0 Å². The lowest BCUT2D eigenvalue weighted by atomic mass is 9.80. The third-order valence-corrected chi connectivity index (χ3v) is 9.87. The Hall–Kier alpha value is -4.77. The highest BCUT2D eigenvalue weighted by atomic mass is 16.4. The first-order chi connectivity index (χ1) is 28.2. The Morgan fingerprint density at radius 1 is 0.569 bits per heavy atom. The van der Waals surface area contributed by atoms with Crippen molar-refractivity contribution in [3.05, 3.63) is 186 Å². The molecule has 0 saturated carbocycles. The molecule has 0 amide bonds. The number of carbonyl (C=O) groups is 1. The minimum absolute atomic E-state index is 0.316. The molecule has 0 bridgehead atoms. The molecule has 2 aliphatic heterocycles. The van der Waals surface area contributed by atoms with Crippen LogP contribution in [0.3, 0.4) is 0 Å². The highest BCUT2D eigenvalue weighted by Crippen LogP contribution is 2.36. The van der Waals surface area contributed by atoms with Crippen molar-refractivity contribution in [2.75, 3.05) is 26.2 Å². The van der Waals surface area contributed by atoms with Crippen LogP contribution in [0.1, 0.15) is 116 Å². The number of carboxylic acids is 1. The molecule has 4 heteroatoms. The lowest BCUT2D eigenvalue weighted by molar-refractivity contribution is -0.143. The SMILES string of the molecule is C=C(C)c1ccccc1.CC.CC.CC.CC1(c2ccccc2)CCN(Cc2ccccc2)C1.CCC.O=C(O)C1(c2ccccc2)CCN(Cc2ccccc2)C1. The third-order valence-electron chi connectivity index (χ3n) is 9.87. The van der Waals surface area contributed by atoms with E-state index < -0.39 is 11.4 Å². The van der Waals surface area contributed by atoms with Crippen molar-refractivity contribution in [1.29, 1.82) is 0 Å². The summed E-state index contributed by atoms with van der Waals surface area (Å²) >= 11 is 0. The summed E-state index contributed by atoms with van der Waals surface area (Å²) in [5.41, 5.74) is 6.92. The minimum Gasteiger partial charge on any atom is -0.481 e. The predicted molar refractivity (Wildman–Crippen MR) is 253 cm³/mol. The van der Waals surface area contributed by atoms with Gasteiger partial charge in [-0.05, 0) is 54.1 Å². The van der Waals surface area contributed by atoms with Gasteiger partial charge >= 0.3 is 5.97 Å². The molecule has 5 aromatic rings. The summed E-state index contributed by atoms with van der Waals surface area (Å²) in [5.74, 6) is -0.718. The van der Waals surface area contributed by atoms with Crippen molar-refractivity contribution in [2.45, 2.75) is 112 Å². The molecule has 4 nitrogen and oxygen atoms in total. The van der Waals surface area contributed by atoms with E-state index in [2.05, 4.69) is 122 Å². The number of nitrogens with zero attached hydrogens (tertiary/aromatic N) is 2. The largest absolute Gasteiger partial charge is 0.481 e. The van der Waals surface area contributed by atoms with Gasteiger partial charge in [0.05, 0.1) is 0 Å². The van der Waals surface area contributed by atoms with E-state index in [1.54, 1.807) is 0 Å². The Kier molecular flexibility index (Phi) is 26.0. The maximum Gasteiger partial charge on any atom is 0.315 e. The molecule has 2 aliphatic rings. The maximum atomic E-state index is 11.9. The van der Waals surface area contributed by atoms with Crippen LogP contribution in [0.15, 0.2) is 158 Å². The summed E-state index contributed by atoms with van der Waals surface area (Å²) < 4.78 is 0. The first-order valence-electron chi connectivity index (χ1n) is 21.8. The zero-order valence-electron chi connectivity index (χ0n) is 37.8. The average molecular weight is 785 g/mol. The number of likely N-dealkylation sites (tertiary alicyclic amines) is 2. The van der Waals surface area contributed by atoms with E-state index in [0.717, 1.165) is 37.3 Å². The summed E-state index contributed by atoms with van der Waals surface area (Å²) in [6.45, 7) is 30.1. The van der Waals surface area contributed by atoms with Crippen LogP contribution in [0, 0.1) is 0 Å². The van der Waals surface area contributed by atoms with Gasteiger partial charge in [0, 0.05) is 38.1 Å². The Morgan fingerprint density at radius 3 is 1.29 bits per heavy atom.